The summed E-state index contributed by atoms with van der Waals surface area (Å²) in [5, 5.41) is 3.68. The van der Waals surface area contributed by atoms with Gasteiger partial charge in [0.1, 0.15) is 0 Å². The summed E-state index contributed by atoms with van der Waals surface area (Å²) in [5.74, 6) is 3.65. The van der Waals surface area contributed by atoms with E-state index in [4.69, 9.17) is 0 Å². The summed E-state index contributed by atoms with van der Waals surface area (Å²) in [6.07, 6.45) is 5.30. The van der Waals surface area contributed by atoms with Crippen molar-refractivity contribution < 1.29 is 0 Å². The smallest absolute Gasteiger partial charge is 0.0178 e. The molecule has 19 heavy (non-hydrogen) atoms. The van der Waals surface area contributed by atoms with Crippen LogP contribution in [-0.2, 0) is 6.42 Å². The van der Waals surface area contributed by atoms with Gasteiger partial charge in [-0.2, -0.15) is 11.8 Å². The molecule has 1 aromatic carbocycles. The van der Waals surface area contributed by atoms with Gasteiger partial charge in [-0.1, -0.05) is 35.0 Å². The number of hydrogen-bond donors (Lipinski definition) is 1. The van der Waals surface area contributed by atoms with Crippen LogP contribution < -0.4 is 5.32 Å². The van der Waals surface area contributed by atoms with E-state index in [0.717, 1.165) is 18.9 Å². The number of halogens is 1. The Labute approximate surface area is 130 Å². The van der Waals surface area contributed by atoms with E-state index in [2.05, 4.69) is 64.2 Å². The van der Waals surface area contributed by atoms with Gasteiger partial charge in [0.25, 0.3) is 0 Å². The Balaban J connectivity index is 1.91. The molecule has 1 heterocycles. The van der Waals surface area contributed by atoms with E-state index in [9.17, 15) is 0 Å². The summed E-state index contributed by atoms with van der Waals surface area (Å²) in [4.78, 5) is 0. The molecular weight excluding hydrogens is 318 g/mol. The van der Waals surface area contributed by atoms with Crippen molar-refractivity contribution in [1.82, 2.24) is 5.32 Å². The highest BCUT2D eigenvalue weighted by Gasteiger charge is 2.19. The molecule has 2 rings (SSSR count). The van der Waals surface area contributed by atoms with Gasteiger partial charge in [0.15, 0.2) is 0 Å². The molecule has 1 atom stereocenters. The predicted octanol–water partition coefficient (Wildman–Crippen LogP) is 4.50. The average molecular weight is 342 g/mol. The molecule has 0 amide bonds. The molecule has 106 valence electrons. The Hall–Kier alpha value is 0.01000. The summed E-state index contributed by atoms with van der Waals surface area (Å²) in [7, 11) is 0. The van der Waals surface area contributed by atoms with E-state index in [0.29, 0.717) is 6.04 Å². The van der Waals surface area contributed by atoms with Gasteiger partial charge < -0.3 is 5.32 Å². The van der Waals surface area contributed by atoms with Gasteiger partial charge in [-0.05, 0) is 67.3 Å². The van der Waals surface area contributed by atoms with E-state index in [1.54, 1.807) is 0 Å². The second kappa shape index (κ2) is 8.33. The minimum atomic E-state index is 0.632. The second-order valence-corrected chi connectivity index (χ2v) is 7.52. The highest BCUT2D eigenvalue weighted by Crippen LogP contribution is 2.27. The quantitative estimate of drug-likeness (QED) is 0.817. The standard InChI is InChI=1S/C16H24BrNS/c1-2-18-16(11-13-6-8-19-9-7-13)12-14-4-3-5-15(17)10-14/h3-5,10,13,16,18H,2,6-9,11-12H2,1H3. The third kappa shape index (κ3) is 5.49. The molecule has 3 heteroatoms. The van der Waals surface area contributed by atoms with Crippen LogP contribution in [0.1, 0.15) is 31.7 Å². The summed E-state index contributed by atoms with van der Waals surface area (Å²) in [5.41, 5.74) is 1.44. The van der Waals surface area contributed by atoms with Crippen LogP contribution in [0.3, 0.4) is 0 Å². The maximum atomic E-state index is 3.68. The van der Waals surface area contributed by atoms with Crippen molar-refractivity contribution in [3.63, 3.8) is 0 Å². The summed E-state index contributed by atoms with van der Waals surface area (Å²) in [6.45, 7) is 3.28. The van der Waals surface area contributed by atoms with Crippen molar-refractivity contribution in [1.29, 1.82) is 0 Å². The molecule has 1 aromatic rings. The maximum absolute atomic E-state index is 3.68. The predicted molar refractivity (Wildman–Crippen MR) is 90.0 cm³/mol. The molecule has 0 aliphatic carbocycles. The zero-order chi connectivity index (χ0) is 13.5. The fourth-order valence-electron chi connectivity index (χ4n) is 2.86. The maximum Gasteiger partial charge on any atom is 0.0178 e. The van der Waals surface area contributed by atoms with Crippen LogP contribution in [0.4, 0.5) is 0 Å². The molecule has 1 N–H and O–H groups in total. The van der Waals surface area contributed by atoms with Crippen LogP contribution in [0, 0.1) is 5.92 Å². The van der Waals surface area contributed by atoms with E-state index < -0.39 is 0 Å². The third-order valence-corrected chi connectivity index (χ3v) is 5.36. The SMILES string of the molecule is CCNC(Cc1cccc(Br)c1)CC1CCSCC1. The van der Waals surface area contributed by atoms with E-state index >= 15 is 0 Å². The van der Waals surface area contributed by atoms with Crippen molar-refractivity contribution in [3.8, 4) is 0 Å². The molecule has 0 aromatic heterocycles. The van der Waals surface area contributed by atoms with Crippen LogP contribution in [0.25, 0.3) is 0 Å². The molecule has 1 unspecified atom stereocenters. The van der Waals surface area contributed by atoms with Gasteiger partial charge in [-0.3, -0.25) is 0 Å². The van der Waals surface area contributed by atoms with Crippen LogP contribution >= 0.6 is 27.7 Å². The second-order valence-electron chi connectivity index (χ2n) is 5.38. The lowest BCUT2D eigenvalue weighted by Crippen LogP contribution is -2.33. The van der Waals surface area contributed by atoms with E-state index in [-0.39, 0.29) is 0 Å². The zero-order valence-corrected chi connectivity index (χ0v) is 14.1. The lowest BCUT2D eigenvalue weighted by atomic mass is 9.91. The average Bonchev–Trinajstić information content (AvgIpc) is 2.40. The van der Waals surface area contributed by atoms with Crippen LogP contribution in [-0.4, -0.2) is 24.1 Å². The normalized spacial score (nSPS) is 18.4. The first-order chi connectivity index (χ1) is 9.28. The summed E-state index contributed by atoms with van der Waals surface area (Å²) in [6, 6.07) is 9.36. The van der Waals surface area contributed by atoms with E-state index in [1.807, 2.05) is 0 Å². The number of likely N-dealkylation sites (N-methyl/N-ethyl adjacent to an activating group) is 1. The Bertz CT molecular complexity index is 377. The molecule has 0 bridgehead atoms. The van der Waals surface area contributed by atoms with Gasteiger partial charge >= 0.3 is 0 Å². The molecule has 1 nitrogen and oxygen atoms in total. The molecule has 1 saturated heterocycles. The number of hydrogen-bond acceptors (Lipinski definition) is 2. The minimum Gasteiger partial charge on any atom is -0.314 e. The molecular formula is C16H24BrNS. The van der Waals surface area contributed by atoms with Crippen molar-refractivity contribution in [2.75, 3.05) is 18.1 Å². The van der Waals surface area contributed by atoms with Gasteiger partial charge in [0.05, 0.1) is 0 Å². The monoisotopic (exact) mass is 341 g/mol. The lowest BCUT2D eigenvalue weighted by Gasteiger charge is -2.27. The highest BCUT2D eigenvalue weighted by molar-refractivity contribution is 9.10. The Morgan fingerprint density at radius 3 is 2.84 bits per heavy atom. The lowest BCUT2D eigenvalue weighted by molar-refractivity contribution is 0.366. The van der Waals surface area contributed by atoms with Crippen LogP contribution in [0.15, 0.2) is 28.7 Å². The van der Waals surface area contributed by atoms with Crippen molar-refractivity contribution in [2.24, 2.45) is 5.92 Å². The number of rotatable bonds is 6. The zero-order valence-electron chi connectivity index (χ0n) is 11.7. The summed E-state index contributed by atoms with van der Waals surface area (Å²) < 4.78 is 1.19. The fourth-order valence-corrected chi connectivity index (χ4v) is 4.51. The first-order valence-corrected chi connectivity index (χ1v) is 9.28. The molecule has 1 fully saturated rings. The van der Waals surface area contributed by atoms with Crippen molar-refractivity contribution in [3.05, 3.63) is 34.3 Å². The molecule has 0 radical (unpaired) electrons. The number of benzene rings is 1. The molecule has 0 spiro atoms. The Kier molecular flexibility index (Phi) is 6.75. The Morgan fingerprint density at radius 1 is 1.37 bits per heavy atom. The van der Waals surface area contributed by atoms with Gasteiger partial charge in [0, 0.05) is 10.5 Å². The fraction of sp³-hybridized carbons (Fsp3) is 0.625. The van der Waals surface area contributed by atoms with Crippen molar-refractivity contribution >= 4 is 27.7 Å². The number of nitrogens with one attached hydrogen (secondary N) is 1. The highest BCUT2D eigenvalue weighted by atomic mass is 79.9. The van der Waals surface area contributed by atoms with Crippen LogP contribution in [0.2, 0.25) is 0 Å². The third-order valence-electron chi connectivity index (χ3n) is 3.82. The van der Waals surface area contributed by atoms with Crippen LogP contribution in [0.5, 0.6) is 0 Å². The summed E-state index contributed by atoms with van der Waals surface area (Å²) >= 11 is 5.68. The molecule has 1 aliphatic heterocycles. The molecule has 1 aliphatic rings. The number of thioether (sulfide) groups is 1. The van der Waals surface area contributed by atoms with Gasteiger partial charge in [-0.25, -0.2) is 0 Å². The topological polar surface area (TPSA) is 12.0 Å². The largest absolute Gasteiger partial charge is 0.314 e. The van der Waals surface area contributed by atoms with Gasteiger partial charge in [-0.15, -0.1) is 0 Å². The minimum absolute atomic E-state index is 0.632. The Morgan fingerprint density at radius 2 is 2.16 bits per heavy atom. The molecule has 0 saturated carbocycles. The first kappa shape index (κ1) is 15.4. The van der Waals surface area contributed by atoms with Crippen molar-refractivity contribution in [2.45, 2.75) is 38.6 Å². The van der Waals surface area contributed by atoms with E-state index in [1.165, 1.54) is 40.8 Å². The van der Waals surface area contributed by atoms with Gasteiger partial charge in [0.2, 0.25) is 0 Å². The first-order valence-electron chi connectivity index (χ1n) is 7.33.